The molecule has 1 aliphatic heterocycles. The standard InChI is InChI=1S/C13H13BrN2O4/c14-8-2-1-7-6-16(13(20)9(7)5-8)10(12(15)19)3-4-11(17)18/h1-2,5,10H,3-4,6H2,(H2,15,19)(H,17,18). The molecule has 1 aromatic carbocycles. The number of benzene rings is 1. The van der Waals surface area contributed by atoms with Crippen LogP contribution in [-0.2, 0) is 16.1 Å². The van der Waals surface area contributed by atoms with Crippen LogP contribution in [0, 0.1) is 0 Å². The van der Waals surface area contributed by atoms with Crippen LogP contribution >= 0.6 is 15.9 Å². The summed E-state index contributed by atoms with van der Waals surface area (Å²) in [5, 5.41) is 8.70. The SMILES string of the molecule is NC(=O)C(CCC(=O)O)N1Cc2ccc(Br)cc2C1=O. The first-order chi connectivity index (χ1) is 9.40. The highest BCUT2D eigenvalue weighted by Crippen LogP contribution is 2.28. The molecule has 0 saturated carbocycles. The van der Waals surface area contributed by atoms with Gasteiger partial charge in [0.1, 0.15) is 6.04 Å². The topological polar surface area (TPSA) is 101 Å². The van der Waals surface area contributed by atoms with Gasteiger partial charge in [-0.25, -0.2) is 0 Å². The normalized spacial score (nSPS) is 15.1. The zero-order chi connectivity index (χ0) is 14.9. The van der Waals surface area contributed by atoms with Crippen molar-refractivity contribution in [1.29, 1.82) is 0 Å². The second kappa shape index (κ2) is 5.62. The maximum atomic E-state index is 12.3. The van der Waals surface area contributed by atoms with Crippen LogP contribution in [0.4, 0.5) is 0 Å². The Labute approximate surface area is 123 Å². The first kappa shape index (κ1) is 14.5. The van der Waals surface area contributed by atoms with Gasteiger partial charge in [-0.3, -0.25) is 14.4 Å². The van der Waals surface area contributed by atoms with Crippen LogP contribution in [0.25, 0.3) is 0 Å². The summed E-state index contributed by atoms with van der Waals surface area (Å²) in [6.45, 7) is 0.272. The van der Waals surface area contributed by atoms with E-state index in [2.05, 4.69) is 15.9 Å². The molecular weight excluding hydrogens is 328 g/mol. The molecule has 1 aliphatic rings. The summed E-state index contributed by atoms with van der Waals surface area (Å²) in [7, 11) is 0. The summed E-state index contributed by atoms with van der Waals surface area (Å²) in [6, 6.07) is 4.40. The molecule has 20 heavy (non-hydrogen) atoms. The second-order valence-corrected chi connectivity index (χ2v) is 5.50. The first-order valence-electron chi connectivity index (χ1n) is 6.00. The zero-order valence-electron chi connectivity index (χ0n) is 10.5. The molecule has 2 amide bonds. The molecule has 0 aromatic heterocycles. The Bertz CT molecular complexity index is 588. The molecule has 0 saturated heterocycles. The summed E-state index contributed by atoms with van der Waals surface area (Å²) in [6.07, 6.45) is -0.191. The van der Waals surface area contributed by atoms with Gasteiger partial charge in [-0.15, -0.1) is 0 Å². The molecule has 0 radical (unpaired) electrons. The minimum Gasteiger partial charge on any atom is -0.481 e. The van der Waals surface area contributed by atoms with Crippen molar-refractivity contribution in [3.05, 3.63) is 33.8 Å². The summed E-state index contributed by atoms with van der Waals surface area (Å²) < 4.78 is 0.771. The van der Waals surface area contributed by atoms with Gasteiger partial charge < -0.3 is 15.7 Å². The first-order valence-corrected chi connectivity index (χ1v) is 6.80. The van der Waals surface area contributed by atoms with E-state index in [1.807, 2.05) is 6.07 Å². The van der Waals surface area contributed by atoms with Crippen molar-refractivity contribution in [1.82, 2.24) is 4.90 Å². The minimum atomic E-state index is -1.02. The monoisotopic (exact) mass is 340 g/mol. The molecule has 0 fully saturated rings. The van der Waals surface area contributed by atoms with E-state index in [-0.39, 0.29) is 25.3 Å². The molecular formula is C13H13BrN2O4. The van der Waals surface area contributed by atoms with Crippen molar-refractivity contribution < 1.29 is 19.5 Å². The van der Waals surface area contributed by atoms with Crippen molar-refractivity contribution >= 4 is 33.7 Å². The lowest BCUT2D eigenvalue weighted by molar-refractivity contribution is -0.137. The Hall–Kier alpha value is -1.89. The molecule has 0 bridgehead atoms. The van der Waals surface area contributed by atoms with Gasteiger partial charge in [-0.2, -0.15) is 0 Å². The lowest BCUT2D eigenvalue weighted by Crippen LogP contribution is -2.45. The zero-order valence-corrected chi connectivity index (χ0v) is 12.1. The van der Waals surface area contributed by atoms with Crippen LogP contribution in [0.5, 0.6) is 0 Å². The highest BCUT2D eigenvalue weighted by atomic mass is 79.9. The molecule has 0 spiro atoms. The molecule has 3 N–H and O–H groups in total. The lowest BCUT2D eigenvalue weighted by Gasteiger charge is -2.24. The van der Waals surface area contributed by atoms with Gasteiger partial charge in [0.25, 0.3) is 5.91 Å². The minimum absolute atomic E-state index is 0.0194. The number of hydrogen-bond donors (Lipinski definition) is 2. The lowest BCUT2D eigenvalue weighted by atomic mass is 10.1. The average Bonchev–Trinajstić information content (AvgIpc) is 2.67. The number of fused-ring (bicyclic) bond motifs is 1. The van der Waals surface area contributed by atoms with Crippen LogP contribution < -0.4 is 5.73 Å². The smallest absolute Gasteiger partial charge is 0.303 e. The van der Waals surface area contributed by atoms with E-state index >= 15 is 0 Å². The number of rotatable bonds is 5. The van der Waals surface area contributed by atoms with Crippen LogP contribution in [0.15, 0.2) is 22.7 Å². The van der Waals surface area contributed by atoms with Crippen molar-refractivity contribution in [2.24, 2.45) is 5.73 Å². The molecule has 106 valence electrons. The fourth-order valence-electron chi connectivity index (χ4n) is 2.26. The number of hydrogen-bond acceptors (Lipinski definition) is 3. The van der Waals surface area contributed by atoms with E-state index in [4.69, 9.17) is 10.8 Å². The Morgan fingerprint density at radius 2 is 2.15 bits per heavy atom. The summed E-state index contributed by atoms with van der Waals surface area (Å²) in [4.78, 5) is 35.7. The summed E-state index contributed by atoms with van der Waals surface area (Å²) in [5.74, 6) is -2.01. The van der Waals surface area contributed by atoms with E-state index in [0.29, 0.717) is 5.56 Å². The third-order valence-corrected chi connectivity index (χ3v) is 3.73. The van der Waals surface area contributed by atoms with Gasteiger partial charge in [0.2, 0.25) is 5.91 Å². The predicted molar refractivity (Wildman–Crippen MR) is 73.9 cm³/mol. The Morgan fingerprint density at radius 1 is 1.45 bits per heavy atom. The van der Waals surface area contributed by atoms with Crippen LogP contribution in [0.1, 0.15) is 28.8 Å². The maximum absolute atomic E-state index is 12.3. The predicted octanol–water partition coefficient (Wildman–Crippen LogP) is 1.12. The summed E-state index contributed by atoms with van der Waals surface area (Å²) in [5.41, 5.74) is 6.61. The Kier molecular flexibility index (Phi) is 4.08. The molecule has 1 atom stereocenters. The summed E-state index contributed by atoms with van der Waals surface area (Å²) >= 11 is 3.29. The van der Waals surface area contributed by atoms with E-state index in [9.17, 15) is 14.4 Å². The molecule has 1 unspecified atom stereocenters. The molecule has 7 heteroatoms. The van der Waals surface area contributed by atoms with Crippen molar-refractivity contribution in [2.75, 3.05) is 0 Å². The van der Waals surface area contributed by atoms with Crippen LogP contribution in [-0.4, -0.2) is 33.8 Å². The fourth-order valence-corrected chi connectivity index (χ4v) is 2.62. The number of carboxylic acid groups (broad SMARTS) is 1. The van der Waals surface area contributed by atoms with E-state index in [0.717, 1.165) is 10.0 Å². The van der Waals surface area contributed by atoms with Gasteiger partial charge in [0.15, 0.2) is 0 Å². The molecule has 6 nitrogen and oxygen atoms in total. The van der Waals surface area contributed by atoms with Gasteiger partial charge in [-0.05, 0) is 24.1 Å². The number of nitrogens with two attached hydrogens (primary N) is 1. The molecule has 1 heterocycles. The average molecular weight is 341 g/mol. The third kappa shape index (κ3) is 2.82. The highest BCUT2D eigenvalue weighted by Gasteiger charge is 2.35. The highest BCUT2D eigenvalue weighted by molar-refractivity contribution is 9.10. The molecule has 1 aromatic rings. The number of carbonyl (C=O) groups excluding carboxylic acids is 2. The van der Waals surface area contributed by atoms with E-state index in [1.165, 1.54) is 4.90 Å². The van der Waals surface area contributed by atoms with Crippen molar-refractivity contribution in [2.45, 2.75) is 25.4 Å². The molecule has 2 rings (SSSR count). The number of nitrogens with zero attached hydrogens (tertiary/aromatic N) is 1. The third-order valence-electron chi connectivity index (χ3n) is 3.24. The largest absolute Gasteiger partial charge is 0.481 e. The quantitative estimate of drug-likeness (QED) is 0.838. The van der Waals surface area contributed by atoms with Crippen molar-refractivity contribution in [3.63, 3.8) is 0 Å². The number of carbonyl (C=O) groups is 3. The van der Waals surface area contributed by atoms with Crippen LogP contribution in [0.3, 0.4) is 0 Å². The maximum Gasteiger partial charge on any atom is 0.303 e. The number of amides is 2. The van der Waals surface area contributed by atoms with Gasteiger partial charge >= 0.3 is 5.97 Å². The second-order valence-electron chi connectivity index (χ2n) is 4.59. The fraction of sp³-hybridized carbons (Fsp3) is 0.308. The molecule has 0 aliphatic carbocycles. The number of halogens is 1. The number of aliphatic carboxylic acids is 1. The number of carboxylic acids is 1. The number of primary amides is 1. The van der Waals surface area contributed by atoms with E-state index < -0.39 is 17.9 Å². The van der Waals surface area contributed by atoms with E-state index in [1.54, 1.807) is 12.1 Å². The van der Waals surface area contributed by atoms with Gasteiger partial charge in [0.05, 0.1) is 0 Å². The van der Waals surface area contributed by atoms with Gasteiger partial charge in [-0.1, -0.05) is 22.0 Å². The van der Waals surface area contributed by atoms with Gasteiger partial charge in [0, 0.05) is 23.0 Å². The Balaban J connectivity index is 2.23. The van der Waals surface area contributed by atoms with Crippen LogP contribution in [0.2, 0.25) is 0 Å². The Morgan fingerprint density at radius 3 is 2.75 bits per heavy atom. The van der Waals surface area contributed by atoms with Crippen molar-refractivity contribution in [3.8, 4) is 0 Å².